The predicted octanol–water partition coefficient (Wildman–Crippen LogP) is 0.773. The molecule has 0 fully saturated rings. The molecular formula is C12H9N3O3. The lowest BCUT2D eigenvalue weighted by Gasteiger charge is -2.03. The minimum absolute atomic E-state index is 0.136. The van der Waals surface area contributed by atoms with Gasteiger partial charge in [-0.2, -0.15) is 0 Å². The second-order valence-corrected chi connectivity index (χ2v) is 3.85. The van der Waals surface area contributed by atoms with Crippen LogP contribution in [0.3, 0.4) is 0 Å². The second-order valence-electron chi connectivity index (χ2n) is 3.85. The Labute approximate surface area is 100 Å². The SMILES string of the molecule is COc1ccc2nc3c(=O)[nH][nH]c(=O)c3cc2c1. The van der Waals surface area contributed by atoms with Crippen LogP contribution in [0, 0.1) is 0 Å². The van der Waals surface area contributed by atoms with Gasteiger partial charge < -0.3 is 4.74 Å². The molecule has 0 aliphatic rings. The number of nitrogens with zero attached hydrogens (tertiary/aromatic N) is 1. The topological polar surface area (TPSA) is 87.8 Å². The van der Waals surface area contributed by atoms with E-state index < -0.39 is 5.56 Å². The lowest BCUT2D eigenvalue weighted by Crippen LogP contribution is -2.19. The summed E-state index contributed by atoms with van der Waals surface area (Å²) in [6, 6.07) is 6.90. The molecule has 0 aliphatic heterocycles. The van der Waals surface area contributed by atoms with E-state index >= 15 is 0 Å². The first-order valence-electron chi connectivity index (χ1n) is 5.28. The van der Waals surface area contributed by atoms with Gasteiger partial charge in [-0.1, -0.05) is 0 Å². The number of pyridine rings is 1. The van der Waals surface area contributed by atoms with Crippen molar-refractivity contribution in [3.8, 4) is 5.75 Å². The largest absolute Gasteiger partial charge is 0.497 e. The molecule has 18 heavy (non-hydrogen) atoms. The summed E-state index contributed by atoms with van der Waals surface area (Å²) in [5.41, 5.74) is -0.0139. The number of aromatic amines is 2. The van der Waals surface area contributed by atoms with Crippen LogP contribution in [0.1, 0.15) is 0 Å². The van der Waals surface area contributed by atoms with Crippen molar-refractivity contribution in [1.82, 2.24) is 15.2 Å². The number of fused-ring (bicyclic) bond motifs is 2. The van der Waals surface area contributed by atoms with Gasteiger partial charge in [-0.3, -0.25) is 19.8 Å². The fourth-order valence-corrected chi connectivity index (χ4v) is 1.87. The van der Waals surface area contributed by atoms with Crippen LogP contribution in [-0.2, 0) is 0 Å². The van der Waals surface area contributed by atoms with Crippen LogP contribution in [0.2, 0.25) is 0 Å². The zero-order chi connectivity index (χ0) is 12.7. The number of benzene rings is 1. The van der Waals surface area contributed by atoms with Crippen molar-refractivity contribution in [3.05, 3.63) is 45.0 Å². The molecule has 0 atom stereocenters. The molecule has 2 aromatic heterocycles. The zero-order valence-corrected chi connectivity index (χ0v) is 9.48. The molecule has 1 aromatic carbocycles. The molecule has 0 saturated heterocycles. The van der Waals surface area contributed by atoms with E-state index in [0.717, 1.165) is 5.39 Å². The number of ether oxygens (including phenoxy) is 1. The number of H-pyrrole nitrogens is 2. The summed E-state index contributed by atoms with van der Waals surface area (Å²) in [5.74, 6) is 0.671. The van der Waals surface area contributed by atoms with Crippen molar-refractivity contribution >= 4 is 21.8 Å². The molecule has 2 heterocycles. The molecule has 0 radical (unpaired) electrons. The number of rotatable bonds is 1. The Bertz CT molecular complexity index is 864. The molecule has 2 N–H and O–H groups in total. The highest BCUT2D eigenvalue weighted by Gasteiger charge is 2.07. The average molecular weight is 243 g/mol. The molecule has 6 nitrogen and oxygen atoms in total. The van der Waals surface area contributed by atoms with Crippen LogP contribution in [0.5, 0.6) is 5.75 Å². The van der Waals surface area contributed by atoms with Crippen molar-refractivity contribution in [2.45, 2.75) is 0 Å². The standard InChI is InChI=1S/C12H9N3O3/c1-18-7-2-3-9-6(4-7)5-8-10(13-9)12(17)15-14-11(8)16/h2-5H,1H3,(H,14,16)(H,15,17). The van der Waals surface area contributed by atoms with E-state index in [1.807, 2.05) is 0 Å². The Morgan fingerprint density at radius 1 is 1.11 bits per heavy atom. The Morgan fingerprint density at radius 3 is 2.67 bits per heavy atom. The third-order valence-corrected chi connectivity index (χ3v) is 2.77. The third-order valence-electron chi connectivity index (χ3n) is 2.77. The minimum atomic E-state index is -0.415. The fraction of sp³-hybridized carbons (Fsp3) is 0.0833. The number of methoxy groups -OCH3 is 1. The summed E-state index contributed by atoms with van der Waals surface area (Å²) in [7, 11) is 1.56. The number of hydrogen-bond acceptors (Lipinski definition) is 4. The summed E-state index contributed by atoms with van der Waals surface area (Å²) in [6.07, 6.45) is 0. The van der Waals surface area contributed by atoms with E-state index in [4.69, 9.17) is 4.74 Å². The van der Waals surface area contributed by atoms with E-state index in [2.05, 4.69) is 15.2 Å². The highest BCUT2D eigenvalue weighted by molar-refractivity contribution is 5.92. The maximum absolute atomic E-state index is 11.6. The van der Waals surface area contributed by atoms with Crippen molar-refractivity contribution < 1.29 is 4.74 Å². The summed E-state index contributed by atoms with van der Waals surface area (Å²) in [5, 5.41) is 5.53. The first kappa shape index (κ1) is 10.5. The molecule has 0 bridgehead atoms. The van der Waals surface area contributed by atoms with Crippen LogP contribution >= 0.6 is 0 Å². The van der Waals surface area contributed by atoms with E-state index in [0.29, 0.717) is 11.3 Å². The maximum Gasteiger partial charge on any atom is 0.289 e. The molecule has 90 valence electrons. The van der Waals surface area contributed by atoms with Crippen LogP contribution in [-0.4, -0.2) is 22.3 Å². The van der Waals surface area contributed by atoms with Gasteiger partial charge in [0.15, 0.2) is 0 Å². The molecule has 0 aliphatic carbocycles. The Morgan fingerprint density at radius 2 is 1.89 bits per heavy atom. The van der Waals surface area contributed by atoms with Crippen LogP contribution in [0.4, 0.5) is 0 Å². The number of hydrogen-bond donors (Lipinski definition) is 2. The van der Waals surface area contributed by atoms with Gasteiger partial charge in [0.05, 0.1) is 18.0 Å². The summed E-state index contributed by atoms with van der Waals surface area (Å²) in [6.45, 7) is 0. The van der Waals surface area contributed by atoms with E-state index in [9.17, 15) is 9.59 Å². The summed E-state index contributed by atoms with van der Waals surface area (Å²) in [4.78, 5) is 27.4. The van der Waals surface area contributed by atoms with Gasteiger partial charge >= 0.3 is 0 Å². The molecule has 3 rings (SSSR count). The third kappa shape index (κ3) is 1.46. The number of nitrogens with one attached hydrogen (secondary N) is 2. The predicted molar refractivity (Wildman–Crippen MR) is 67.0 cm³/mol. The highest BCUT2D eigenvalue weighted by Crippen LogP contribution is 2.20. The maximum atomic E-state index is 11.6. The van der Waals surface area contributed by atoms with Crippen molar-refractivity contribution in [1.29, 1.82) is 0 Å². The van der Waals surface area contributed by atoms with Crippen molar-refractivity contribution in [2.75, 3.05) is 7.11 Å². The number of aromatic nitrogens is 3. The first-order valence-corrected chi connectivity index (χ1v) is 5.28. The minimum Gasteiger partial charge on any atom is -0.497 e. The summed E-state index contributed by atoms with van der Waals surface area (Å²) < 4.78 is 5.11. The van der Waals surface area contributed by atoms with E-state index in [-0.39, 0.29) is 16.5 Å². The first-order chi connectivity index (χ1) is 8.69. The van der Waals surface area contributed by atoms with Gasteiger partial charge in [-0.25, -0.2) is 4.98 Å². The van der Waals surface area contributed by atoms with Crippen molar-refractivity contribution in [3.63, 3.8) is 0 Å². The van der Waals surface area contributed by atoms with Crippen molar-refractivity contribution in [2.24, 2.45) is 0 Å². The Kier molecular flexibility index (Phi) is 2.16. The highest BCUT2D eigenvalue weighted by atomic mass is 16.5. The lowest BCUT2D eigenvalue weighted by atomic mass is 10.1. The Hall–Kier alpha value is -2.63. The van der Waals surface area contributed by atoms with E-state index in [1.54, 1.807) is 31.4 Å². The van der Waals surface area contributed by atoms with Crippen LogP contribution < -0.4 is 15.9 Å². The molecule has 0 amide bonds. The van der Waals surface area contributed by atoms with Gasteiger partial charge in [0.25, 0.3) is 11.1 Å². The van der Waals surface area contributed by atoms with Gasteiger partial charge in [-0.05, 0) is 24.3 Å². The molecule has 0 unspecified atom stereocenters. The molecule has 0 saturated carbocycles. The second kappa shape index (κ2) is 3.69. The summed E-state index contributed by atoms with van der Waals surface area (Å²) >= 11 is 0. The quantitative estimate of drug-likeness (QED) is 0.618. The van der Waals surface area contributed by atoms with E-state index in [1.165, 1.54) is 0 Å². The monoisotopic (exact) mass is 243 g/mol. The fourth-order valence-electron chi connectivity index (χ4n) is 1.87. The molecular weight excluding hydrogens is 234 g/mol. The normalized spacial score (nSPS) is 10.9. The van der Waals surface area contributed by atoms with Crippen LogP contribution in [0.25, 0.3) is 21.8 Å². The van der Waals surface area contributed by atoms with Gasteiger partial charge in [0, 0.05) is 5.39 Å². The van der Waals surface area contributed by atoms with Gasteiger partial charge in [-0.15, -0.1) is 0 Å². The smallest absolute Gasteiger partial charge is 0.289 e. The zero-order valence-electron chi connectivity index (χ0n) is 9.48. The average Bonchev–Trinajstić information content (AvgIpc) is 2.41. The molecule has 3 aromatic rings. The van der Waals surface area contributed by atoms with Gasteiger partial charge in [0.2, 0.25) is 0 Å². The van der Waals surface area contributed by atoms with Gasteiger partial charge in [0.1, 0.15) is 11.3 Å². The van der Waals surface area contributed by atoms with Crippen LogP contribution in [0.15, 0.2) is 33.9 Å². The Balaban J connectivity index is 2.51. The molecule has 0 spiro atoms. The lowest BCUT2D eigenvalue weighted by molar-refractivity contribution is 0.415. The molecule has 6 heteroatoms.